The Balaban J connectivity index is 1.53. The molecule has 0 aromatic rings. The van der Waals surface area contributed by atoms with Crippen molar-refractivity contribution in [1.29, 1.82) is 0 Å². The van der Waals surface area contributed by atoms with Crippen LogP contribution >= 0.6 is 15.9 Å². The first-order valence-corrected chi connectivity index (χ1v) is 12.5. The lowest BCUT2D eigenvalue weighted by atomic mass is 9.44. The number of hydrogen-bond acceptors (Lipinski definition) is 2. The maximum atomic E-state index is 12.3. The Hall–Kier alpha value is -0.380. The summed E-state index contributed by atoms with van der Waals surface area (Å²) in [6.45, 7) is 7.34. The van der Waals surface area contributed by atoms with E-state index in [2.05, 4.69) is 36.7 Å². The van der Waals surface area contributed by atoms with Crippen molar-refractivity contribution in [3.05, 3.63) is 0 Å². The summed E-state index contributed by atoms with van der Waals surface area (Å²) in [5.74, 6) is 3.86. The lowest BCUT2D eigenvalue weighted by molar-refractivity contribution is -0.139. The molecule has 0 saturated heterocycles. The quantitative estimate of drug-likeness (QED) is 0.524. The molecule has 4 fully saturated rings. The molecule has 158 valence electrons. The molecule has 3 nitrogen and oxygen atoms in total. The Morgan fingerprint density at radius 2 is 1.75 bits per heavy atom. The smallest absolute Gasteiger partial charge is 0.303 e. The van der Waals surface area contributed by atoms with Crippen LogP contribution in [-0.4, -0.2) is 21.7 Å². The van der Waals surface area contributed by atoms with Gasteiger partial charge in [0.1, 0.15) is 5.78 Å². The van der Waals surface area contributed by atoms with Gasteiger partial charge in [0, 0.05) is 12.8 Å². The van der Waals surface area contributed by atoms with E-state index in [9.17, 15) is 9.59 Å². The number of aliphatic carboxylic acids is 1. The van der Waals surface area contributed by atoms with Gasteiger partial charge in [-0.1, -0.05) is 36.7 Å². The summed E-state index contributed by atoms with van der Waals surface area (Å²) in [5.41, 5.74) is 0.708. The average Bonchev–Trinajstić information content (AvgIpc) is 3.00. The number of alkyl halides is 1. The molecule has 28 heavy (non-hydrogen) atoms. The molecular formula is C24H37BrO3. The molecule has 0 heterocycles. The van der Waals surface area contributed by atoms with Crippen molar-refractivity contribution in [3.63, 3.8) is 0 Å². The first-order chi connectivity index (χ1) is 13.2. The highest BCUT2D eigenvalue weighted by atomic mass is 79.9. The minimum absolute atomic E-state index is 0.0767. The molecule has 0 amide bonds. The van der Waals surface area contributed by atoms with Crippen LogP contribution in [-0.2, 0) is 9.59 Å². The van der Waals surface area contributed by atoms with Crippen LogP contribution in [0, 0.1) is 46.3 Å². The van der Waals surface area contributed by atoms with Crippen LogP contribution in [0.1, 0.15) is 85.0 Å². The van der Waals surface area contributed by atoms with Gasteiger partial charge in [0.2, 0.25) is 0 Å². The highest BCUT2D eigenvalue weighted by Gasteiger charge is 2.61. The molecule has 0 bridgehead atoms. The van der Waals surface area contributed by atoms with Crippen LogP contribution in [0.5, 0.6) is 0 Å². The number of carboxylic acid groups (broad SMARTS) is 1. The van der Waals surface area contributed by atoms with Crippen LogP contribution in [0.25, 0.3) is 0 Å². The molecule has 0 aromatic heterocycles. The van der Waals surface area contributed by atoms with Crippen molar-refractivity contribution in [2.45, 2.75) is 89.8 Å². The number of carbonyl (C=O) groups is 2. The molecule has 0 aliphatic heterocycles. The molecule has 4 aliphatic carbocycles. The zero-order valence-electron chi connectivity index (χ0n) is 17.8. The number of fused-ring (bicyclic) bond motifs is 5. The molecule has 4 saturated carbocycles. The van der Waals surface area contributed by atoms with Crippen molar-refractivity contribution >= 4 is 27.7 Å². The van der Waals surface area contributed by atoms with Crippen molar-refractivity contribution in [3.8, 4) is 0 Å². The molecule has 4 heteroatoms. The van der Waals surface area contributed by atoms with E-state index in [0.717, 1.165) is 37.0 Å². The molecule has 0 unspecified atom stereocenters. The van der Waals surface area contributed by atoms with E-state index in [1.54, 1.807) is 0 Å². The number of rotatable bonds is 4. The molecule has 0 aromatic carbocycles. The number of hydrogen-bond donors (Lipinski definition) is 1. The third kappa shape index (κ3) is 3.11. The average molecular weight is 453 g/mol. The fourth-order valence-electron chi connectivity index (χ4n) is 8.62. The third-order valence-electron chi connectivity index (χ3n) is 10.1. The second-order valence-corrected chi connectivity index (χ2v) is 12.1. The zero-order chi connectivity index (χ0) is 20.3. The van der Waals surface area contributed by atoms with Gasteiger partial charge in [0.25, 0.3) is 0 Å². The molecule has 0 radical (unpaired) electrons. The summed E-state index contributed by atoms with van der Waals surface area (Å²) in [6, 6.07) is 0. The van der Waals surface area contributed by atoms with Gasteiger partial charge in [-0.05, 0) is 97.7 Å². The Bertz CT molecular complexity index is 648. The van der Waals surface area contributed by atoms with Crippen LogP contribution < -0.4 is 0 Å². The SMILES string of the molecule is C[C@@H](CCC(=O)O)[C@@H]1CC[C@@H]2[C@H]3CC[C@H]4[C@H](Br)C(=O)CC[C@]4(C)[C@@H]3CC[C@@]21C. The molecule has 4 aliphatic rings. The highest BCUT2D eigenvalue weighted by Crippen LogP contribution is 2.68. The maximum Gasteiger partial charge on any atom is 0.303 e. The van der Waals surface area contributed by atoms with Gasteiger partial charge in [-0.3, -0.25) is 9.59 Å². The van der Waals surface area contributed by atoms with E-state index >= 15 is 0 Å². The van der Waals surface area contributed by atoms with Crippen molar-refractivity contribution in [2.24, 2.45) is 46.3 Å². The highest BCUT2D eigenvalue weighted by molar-refractivity contribution is 9.10. The van der Waals surface area contributed by atoms with E-state index in [1.807, 2.05) is 0 Å². The van der Waals surface area contributed by atoms with Gasteiger partial charge in [-0.2, -0.15) is 0 Å². The minimum atomic E-state index is -0.655. The van der Waals surface area contributed by atoms with E-state index in [-0.39, 0.29) is 4.83 Å². The number of ketones is 1. The Morgan fingerprint density at radius 3 is 2.46 bits per heavy atom. The fourth-order valence-corrected chi connectivity index (χ4v) is 9.72. The maximum absolute atomic E-state index is 12.3. The Labute approximate surface area is 178 Å². The summed E-state index contributed by atoms with van der Waals surface area (Å²) in [4.78, 5) is 23.5. The summed E-state index contributed by atoms with van der Waals surface area (Å²) in [6.07, 6.45) is 10.7. The predicted molar refractivity (Wildman–Crippen MR) is 114 cm³/mol. The summed E-state index contributed by atoms with van der Waals surface area (Å²) in [5, 5.41) is 9.11. The largest absolute Gasteiger partial charge is 0.481 e. The van der Waals surface area contributed by atoms with Gasteiger partial charge in [-0.25, -0.2) is 0 Å². The monoisotopic (exact) mass is 452 g/mol. The number of Topliss-reactive ketones (excluding diaryl/α,β-unsaturated/α-hetero) is 1. The standard InChI is InChI=1S/C24H37BrO3/c1-14(4-9-21(27)28)16-7-8-17-15-5-6-19-22(25)20(26)11-13-24(19,3)18(15)10-12-23(16,17)2/h14-19,22H,4-13H2,1-3H3,(H,27,28)/t14-,15+,16-,17+,18+,19-,22-,23+,24+/m0/s1. The number of halogens is 1. The number of carbonyl (C=O) groups excluding carboxylic acids is 1. The zero-order valence-corrected chi connectivity index (χ0v) is 19.3. The van der Waals surface area contributed by atoms with Crippen LogP contribution in [0.4, 0.5) is 0 Å². The normalized spacial score (nSPS) is 49.1. The third-order valence-corrected chi connectivity index (χ3v) is 11.2. The van der Waals surface area contributed by atoms with Gasteiger partial charge in [-0.15, -0.1) is 0 Å². The van der Waals surface area contributed by atoms with Crippen LogP contribution in [0.2, 0.25) is 0 Å². The van der Waals surface area contributed by atoms with Gasteiger partial charge in [0.05, 0.1) is 4.83 Å². The molecule has 0 spiro atoms. The first-order valence-electron chi connectivity index (χ1n) is 11.6. The van der Waals surface area contributed by atoms with Gasteiger partial charge >= 0.3 is 5.97 Å². The minimum Gasteiger partial charge on any atom is -0.481 e. The summed E-state index contributed by atoms with van der Waals surface area (Å²) >= 11 is 3.77. The molecule has 4 rings (SSSR count). The first kappa shape index (κ1) is 20.9. The van der Waals surface area contributed by atoms with Crippen molar-refractivity contribution in [2.75, 3.05) is 0 Å². The van der Waals surface area contributed by atoms with Crippen LogP contribution in [0.3, 0.4) is 0 Å². The number of carboxylic acids is 1. The second-order valence-electron chi connectivity index (χ2n) is 11.1. The lowest BCUT2D eigenvalue weighted by Crippen LogP contribution is -2.56. The predicted octanol–water partition coefficient (Wildman–Crippen LogP) is 6.09. The molecular weight excluding hydrogens is 416 g/mol. The van der Waals surface area contributed by atoms with Crippen molar-refractivity contribution < 1.29 is 14.7 Å². The van der Waals surface area contributed by atoms with E-state index in [0.29, 0.717) is 40.8 Å². The fraction of sp³-hybridized carbons (Fsp3) is 0.917. The topological polar surface area (TPSA) is 54.4 Å². The van der Waals surface area contributed by atoms with Gasteiger partial charge in [0.15, 0.2) is 0 Å². The Kier molecular flexibility index (Phi) is 5.51. The van der Waals surface area contributed by atoms with E-state index < -0.39 is 5.97 Å². The molecule has 1 N–H and O–H groups in total. The Morgan fingerprint density at radius 1 is 1.07 bits per heavy atom. The molecule has 9 atom stereocenters. The van der Waals surface area contributed by atoms with E-state index in [1.165, 1.54) is 38.5 Å². The summed E-state index contributed by atoms with van der Waals surface area (Å²) in [7, 11) is 0. The lowest BCUT2D eigenvalue weighted by Gasteiger charge is -2.61. The van der Waals surface area contributed by atoms with Gasteiger partial charge < -0.3 is 5.11 Å². The second kappa shape index (κ2) is 7.39. The van der Waals surface area contributed by atoms with E-state index in [4.69, 9.17) is 5.11 Å². The van der Waals surface area contributed by atoms with Crippen LogP contribution in [0.15, 0.2) is 0 Å². The van der Waals surface area contributed by atoms with Crippen molar-refractivity contribution in [1.82, 2.24) is 0 Å². The summed E-state index contributed by atoms with van der Waals surface area (Å²) < 4.78 is 0.